The van der Waals surface area contributed by atoms with E-state index in [2.05, 4.69) is 4.98 Å². The van der Waals surface area contributed by atoms with Crippen LogP contribution in [0.25, 0.3) is 0 Å². The van der Waals surface area contributed by atoms with Crippen LogP contribution in [0.2, 0.25) is 0 Å². The summed E-state index contributed by atoms with van der Waals surface area (Å²) in [6.07, 6.45) is 7.66. The van der Waals surface area contributed by atoms with Gasteiger partial charge in [0.15, 0.2) is 5.69 Å². The fourth-order valence-corrected chi connectivity index (χ4v) is 2.20. The third-order valence-corrected chi connectivity index (χ3v) is 3.21. The first-order chi connectivity index (χ1) is 8.27. The van der Waals surface area contributed by atoms with E-state index in [1.54, 1.807) is 18.3 Å². The minimum Gasteiger partial charge on any atom is -0.461 e. The number of anilines is 1. The molecule has 17 heavy (non-hydrogen) atoms. The van der Waals surface area contributed by atoms with Crippen molar-refractivity contribution in [3.8, 4) is 0 Å². The highest BCUT2D eigenvalue weighted by atomic mass is 16.5. The minimum atomic E-state index is -0.409. The van der Waals surface area contributed by atoms with Crippen molar-refractivity contribution in [2.45, 2.75) is 32.1 Å². The van der Waals surface area contributed by atoms with Crippen LogP contribution in [-0.2, 0) is 4.74 Å². The standard InChI is InChI=1S/C13H18N2O2/c14-11-7-4-8-15-12(11)13(16)17-9-10-5-2-1-3-6-10/h4,7-8,10H,1-3,5-6,9,14H2. The number of carbonyl (C=O) groups excluding carboxylic acids is 1. The van der Waals surface area contributed by atoms with Gasteiger partial charge in [0.1, 0.15) is 0 Å². The molecule has 2 N–H and O–H groups in total. The van der Waals surface area contributed by atoms with Crippen molar-refractivity contribution >= 4 is 11.7 Å². The highest BCUT2D eigenvalue weighted by molar-refractivity contribution is 5.92. The van der Waals surface area contributed by atoms with Crippen LogP contribution < -0.4 is 5.73 Å². The number of nitrogens with two attached hydrogens (primary N) is 1. The molecule has 0 spiro atoms. The molecule has 1 saturated carbocycles. The summed E-state index contributed by atoms with van der Waals surface area (Å²) >= 11 is 0. The lowest BCUT2D eigenvalue weighted by atomic mass is 9.90. The second-order valence-electron chi connectivity index (χ2n) is 4.54. The number of ether oxygens (including phenoxy) is 1. The number of rotatable bonds is 3. The van der Waals surface area contributed by atoms with Gasteiger partial charge in [-0.25, -0.2) is 9.78 Å². The summed E-state index contributed by atoms with van der Waals surface area (Å²) in [6.45, 7) is 0.495. The Hall–Kier alpha value is -1.58. The average molecular weight is 234 g/mol. The predicted octanol–water partition coefficient (Wildman–Crippen LogP) is 2.40. The van der Waals surface area contributed by atoms with Crippen LogP contribution in [0.15, 0.2) is 18.3 Å². The smallest absolute Gasteiger partial charge is 0.359 e. The van der Waals surface area contributed by atoms with E-state index in [4.69, 9.17) is 10.5 Å². The Kier molecular flexibility index (Phi) is 3.96. The number of esters is 1. The molecule has 1 aliphatic rings. The fourth-order valence-electron chi connectivity index (χ4n) is 2.20. The molecule has 1 fully saturated rings. The monoisotopic (exact) mass is 234 g/mol. The number of carbonyl (C=O) groups is 1. The van der Waals surface area contributed by atoms with Crippen LogP contribution in [0.1, 0.15) is 42.6 Å². The lowest BCUT2D eigenvalue weighted by molar-refractivity contribution is 0.0405. The van der Waals surface area contributed by atoms with Gasteiger partial charge in [0.2, 0.25) is 0 Å². The molecule has 0 unspecified atom stereocenters. The van der Waals surface area contributed by atoms with Crippen LogP contribution in [0.4, 0.5) is 5.69 Å². The number of aromatic nitrogens is 1. The quantitative estimate of drug-likeness (QED) is 0.815. The zero-order chi connectivity index (χ0) is 12.1. The van der Waals surface area contributed by atoms with Crippen molar-refractivity contribution in [2.24, 2.45) is 5.92 Å². The molecule has 2 rings (SSSR count). The molecule has 0 radical (unpaired) electrons. The Morgan fingerprint density at radius 1 is 1.41 bits per heavy atom. The maximum atomic E-state index is 11.7. The van der Waals surface area contributed by atoms with Gasteiger partial charge in [0, 0.05) is 6.20 Å². The van der Waals surface area contributed by atoms with Gasteiger partial charge < -0.3 is 10.5 Å². The summed E-state index contributed by atoms with van der Waals surface area (Å²) in [6, 6.07) is 3.36. The van der Waals surface area contributed by atoms with E-state index >= 15 is 0 Å². The summed E-state index contributed by atoms with van der Waals surface area (Å²) in [5, 5.41) is 0. The van der Waals surface area contributed by atoms with Gasteiger partial charge in [-0.1, -0.05) is 19.3 Å². The Morgan fingerprint density at radius 2 is 2.18 bits per heavy atom. The van der Waals surface area contributed by atoms with E-state index in [1.165, 1.54) is 19.3 Å². The first-order valence-corrected chi connectivity index (χ1v) is 6.15. The van der Waals surface area contributed by atoms with Gasteiger partial charge in [-0.05, 0) is 30.9 Å². The minimum absolute atomic E-state index is 0.225. The molecule has 0 amide bonds. The molecule has 1 aromatic heterocycles. The zero-order valence-corrected chi connectivity index (χ0v) is 9.89. The van der Waals surface area contributed by atoms with Crippen LogP contribution in [0.5, 0.6) is 0 Å². The van der Waals surface area contributed by atoms with Gasteiger partial charge >= 0.3 is 5.97 Å². The van der Waals surface area contributed by atoms with Crippen LogP contribution in [-0.4, -0.2) is 17.6 Å². The molecule has 92 valence electrons. The highest BCUT2D eigenvalue weighted by Crippen LogP contribution is 2.24. The Balaban J connectivity index is 1.87. The highest BCUT2D eigenvalue weighted by Gasteiger charge is 2.17. The van der Waals surface area contributed by atoms with Crippen LogP contribution in [0, 0.1) is 5.92 Å². The van der Waals surface area contributed by atoms with Gasteiger partial charge in [0.05, 0.1) is 12.3 Å². The lowest BCUT2D eigenvalue weighted by Crippen LogP contribution is -2.18. The summed E-state index contributed by atoms with van der Waals surface area (Å²) in [4.78, 5) is 15.7. The van der Waals surface area contributed by atoms with E-state index in [0.29, 0.717) is 18.2 Å². The fraction of sp³-hybridized carbons (Fsp3) is 0.538. The van der Waals surface area contributed by atoms with Gasteiger partial charge in [0.25, 0.3) is 0 Å². The zero-order valence-electron chi connectivity index (χ0n) is 9.89. The molecule has 4 nitrogen and oxygen atoms in total. The predicted molar refractivity (Wildman–Crippen MR) is 65.5 cm³/mol. The van der Waals surface area contributed by atoms with E-state index in [0.717, 1.165) is 12.8 Å². The molecule has 0 bridgehead atoms. The second kappa shape index (κ2) is 5.66. The van der Waals surface area contributed by atoms with E-state index in [9.17, 15) is 4.79 Å². The molecule has 0 aliphatic heterocycles. The number of nitrogens with zero attached hydrogens (tertiary/aromatic N) is 1. The molecular formula is C13H18N2O2. The Labute approximate surface area is 101 Å². The van der Waals surface area contributed by atoms with Crippen LogP contribution in [0.3, 0.4) is 0 Å². The molecule has 0 aromatic carbocycles. The molecule has 1 aliphatic carbocycles. The van der Waals surface area contributed by atoms with E-state index in [-0.39, 0.29) is 5.69 Å². The number of pyridine rings is 1. The topological polar surface area (TPSA) is 65.2 Å². The van der Waals surface area contributed by atoms with Crippen molar-refractivity contribution in [1.82, 2.24) is 4.98 Å². The maximum absolute atomic E-state index is 11.7. The molecule has 0 atom stereocenters. The average Bonchev–Trinajstić information content (AvgIpc) is 2.38. The van der Waals surface area contributed by atoms with Crippen molar-refractivity contribution < 1.29 is 9.53 Å². The summed E-state index contributed by atoms with van der Waals surface area (Å²) < 4.78 is 5.27. The van der Waals surface area contributed by atoms with E-state index < -0.39 is 5.97 Å². The number of nitrogen functional groups attached to an aromatic ring is 1. The Morgan fingerprint density at radius 3 is 2.88 bits per heavy atom. The molecule has 4 heteroatoms. The van der Waals surface area contributed by atoms with Crippen molar-refractivity contribution in [2.75, 3.05) is 12.3 Å². The summed E-state index contributed by atoms with van der Waals surface area (Å²) in [5.41, 5.74) is 6.27. The number of hydrogen-bond acceptors (Lipinski definition) is 4. The maximum Gasteiger partial charge on any atom is 0.359 e. The van der Waals surface area contributed by atoms with E-state index in [1.807, 2.05) is 0 Å². The van der Waals surface area contributed by atoms with Gasteiger partial charge in [-0.15, -0.1) is 0 Å². The molecule has 0 saturated heterocycles. The first-order valence-electron chi connectivity index (χ1n) is 6.15. The first kappa shape index (κ1) is 11.9. The second-order valence-corrected chi connectivity index (χ2v) is 4.54. The normalized spacial score (nSPS) is 16.7. The van der Waals surface area contributed by atoms with Gasteiger partial charge in [-0.3, -0.25) is 0 Å². The molecular weight excluding hydrogens is 216 g/mol. The SMILES string of the molecule is Nc1cccnc1C(=O)OCC1CCCCC1. The lowest BCUT2D eigenvalue weighted by Gasteiger charge is -2.20. The number of hydrogen-bond donors (Lipinski definition) is 1. The summed E-state index contributed by atoms with van der Waals surface area (Å²) in [7, 11) is 0. The third kappa shape index (κ3) is 3.19. The van der Waals surface area contributed by atoms with Crippen molar-refractivity contribution in [3.63, 3.8) is 0 Å². The Bertz CT molecular complexity index is 387. The van der Waals surface area contributed by atoms with Crippen LogP contribution >= 0.6 is 0 Å². The van der Waals surface area contributed by atoms with Gasteiger partial charge in [-0.2, -0.15) is 0 Å². The van der Waals surface area contributed by atoms with Crippen molar-refractivity contribution in [3.05, 3.63) is 24.0 Å². The van der Waals surface area contributed by atoms with Crippen molar-refractivity contribution in [1.29, 1.82) is 0 Å². The molecule has 1 aromatic rings. The molecule has 1 heterocycles. The third-order valence-electron chi connectivity index (χ3n) is 3.21. The summed E-state index contributed by atoms with van der Waals surface area (Å²) in [5.74, 6) is 0.103. The largest absolute Gasteiger partial charge is 0.461 e.